The average Bonchev–Trinajstić information content (AvgIpc) is 3.17. The van der Waals surface area contributed by atoms with Crippen molar-refractivity contribution in [3.05, 3.63) is 93.3 Å². The molecule has 1 fully saturated rings. The van der Waals surface area contributed by atoms with Crippen LogP contribution in [0.2, 0.25) is 0 Å². The van der Waals surface area contributed by atoms with Crippen LogP contribution in [0.3, 0.4) is 0 Å². The molecule has 1 aliphatic heterocycles. The molecule has 4 rings (SSSR count). The molecule has 0 saturated carbocycles. The number of ether oxygens (including phenoxy) is 2. The minimum Gasteiger partial charge on any atom is -0.493 e. The summed E-state index contributed by atoms with van der Waals surface area (Å²) in [6.07, 6.45) is 1.43. The van der Waals surface area contributed by atoms with Gasteiger partial charge in [-0.25, -0.2) is 14.1 Å². The number of hydrogen-bond donors (Lipinski definition) is 2. The van der Waals surface area contributed by atoms with E-state index in [-0.39, 0.29) is 18.0 Å². The number of urea groups is 1. The summed E-state index contributed by atoms with van der Waals surface area (Å²) in [4.78, 5) is 38.3. The van der Waals surface area contributed by atoms with Gasteiger partial charge in [-0.3, -0.25) is 9.59 Å². The summed E-state index contributed by atoms with van der Waals surface area (Å²) in [5.41, 5.74) is 1.57. The summed E-state index contributed by atoms with van der Waals surface area (Å²) in [7, 11) is 1.45. The van der Waals surface area contributed by atoms with Gasteiger partial charge in [-0.1, -0.05) is 46.3 Å². The van der Waals surface area contributed by atoms with E-state index in [1.807, 2.05) is 6.07 Å². The molecule has 9 nitrogen and oxygen atoms in total. The third-order valence-corrected chi connectivity index (χ3v) is 6.20. The van der Waals surface area contributed by atoms with Gasteiger partial charge in [0.05, 0.1) is 24.4 Å². The number of carbonyl (C=O) groups excluding carboxylic acids is 3. The fourth-order valence-electron chi connectivity index (χ4n) is 3.61. The average molecular weight is 579 g/mol. The second-order valence-corrected chi connectivity index (χ2v) is 8.84. The summed E-state index contributed by atoms with van der Waals surface area (Å²) in [6, 6.07) is 17.2. The van der Waals surface area contributed by atoms with Crippen LogP contribution in [0.1, 0.15) is 16.7 Å². The summed E-state index contributed by atoms with van der Waals surface area (Å²) >= 11 is 3.44. The number of para-hydroxylation sites is 1. The number of imide groups is 1. The zero-order valence-electron chi connectivity index (χ0n) is 20.0. The molecule has 1 aliphatic rings. The highest BCUT2D eigenvalue weighted by Crippen LogP contribution is 2.35. The summed E-state index contributed by atoms with van der Waals surface area (Å²) in [5, 5.41) is 14.1. The number of anilines is 1. The number of carbonyl (C=O) groups is 3. The lowest BCUT2D eigenvalue weighted by Crippen LogP contribution is -2.38. The van der Waals surface area contributed by atoms with Crippen LogP contribution < -0.4 is 20.1 Å². The molecule has 0 spiro atoms. The van der Waals surface area contributed by atoms with Gasteiger partial charge in [0.25, 0.3) is 5.91 Å². The van der Waals surface area contributed by atoms with Gasteiger partial charge in [0.2, 0.25) is 5.91 Å². The maximum absolute atomic E-state index is 13.8. The van der Waals surface area contributed by atoms with Gasteiger partial charge in [-0.05, 0) is 42.0 Å². The van der Waals surface area contributed by atoms with E-state index in [1.54, 1.807) is 36.4 Å². The van der Waals surface area contributed by atoms with Crippen molar-refractivity contribution in [1.29, 1.82) is 5.26 Å². The first kappa shape index (κ1) is 26.4. The van der Waals surface area contributed by atoms with Crippen molar-refractivity contribution in [2.45, 2.75) is 6.61 Å². The van der Waals surface area contributed by atoms with Crippen molar-refractivity contribution < 1.29 is 28.2 Å². The zero-order chi connectivity index (χ0) is 27.2. The van der Waals surface area contributed by atoms with E-state index in [0.717, 1.165) is 4.90 Å². The summed E-state index contributed by atoms with van der Waals surface area (Å²) in [5.74, 6) is -1.35. The predicted octanol–water partition coefficient (Wildman–Crippen LogP) is 4.58. The molecule has 192 valence electrons. The van der Waals surface area contributed by atoms with Crippen LogP contribution in [0.4, 0.5) is 14.9 Å². The van der Waals surface area contributed by atoms with Gasteiger partial charge in [0.15, 0.2) is 11.5 Å². The van der Waals surface area contributed by atoms with Gasteiger partial charge in [-0.2, -0.15) is 5.26 Å². The topological polar surface area (TPSA) is 121 Å². The Hall–Kier alpha value is -4.69. The van der Waals surface area contributed by atoms with Gasteiger partial charge >= 0.3 is 6.03 Å². The molecule has 0 bridgehead atoms. The Morgan fingerprint density at radius 2 is 1.89 bits per heavy atom. The SMILES string of the molecule is COc1cc(/C=C2/NC(=O)N(CC(=O)Nc3ccccc3F)C2=O)c(Br)cc1OCc1ccccc1C#N. The highest BCUT2D eigenvalue weighted by atomic mass is 79.9. The molecule has 1 saturated heterocycles. The smallest absolute Gasteiger partial charge is 0.329 e. The lowest BCUT2D eigenvalue weighted by atomic mass is 10.1. The number of nitrogens with zero attached hydrogens (tertiary/aromatic N) is 2. The molecule has 0 radical (unpaired) electrons. The Bertz CT molecular complexity index is 1500. The van der Waals surface area contributed by atoms with Crippen molar-refractivity contribution in [3.63, 3.8) is 0 Å². The number of nitrogens with one attached hydrogen (secondary N) is 2. The molecule has 11 heteroatoms. The largest absolute Gasteiger partial charge is 0.493 e. The van der Waals surface area contributed by atoms with Crippen molar-refractivity contribution in [3.8, 4) is 17.6 Å². The maximum Gasteiger partial charge on any atom is 0.329 e. The van der Waals surface area contributed by atoms with E-state index in [9.17, 15) is 24.0 Å². The lowest BCUT2D eigenvalue weighted by Gasteiger charge is -2.14. The number of methoxy groups -OCH3 is 1. The fraction of sp³-hybridized carbons (Fsp3) is 0.111. The number of hydrogen-bond acceptors (Lipinski definition) is 6. The normalized spacial score (nSPS) is 13.7. The van der Waals surface area contributed by atoms with Crippen LogP contribution in [-0.4, -0.2) is 36.4 Å². The molecular formula is C27H20BrFN4O5. The Morgan fingerprint density at radius 1 is 1.16 bits per heavy atom. The Morgan fingerprint density at radius 3 is 2.63 bits per heavy atom. The lowest BCUT2D eigenvalue weighted by molar-refractivity contribution is -0.127. The third-order valence-electron chi connectivity index (χ3n) is 5.52. The van der Waals surface area contributed by atoms with E-state index < -0.39 is 30.2 Å². The zero-order valence-corrected chi connectivity index (χ0v) is 21.5. The van der Waals surface area contributed by atoms with Crippen molar-refractivity contribution in [2.75, 3.05) is 19.0 Å². The molecule has 1 heterocycles. The predicted molar refractivity (Wildman–Crippen MR) is 139 cm³/mol. The highest BCUT2D eigenvalue weighted by Gasteiger charge is 2.35. The van der Waals surface area contributed by atoms with Crippen molar-refractivity contribution >= 4 is 45.5 Å². The second-order valence-electron chi connectivity index (χ2n) is 7.99. The Kier molecular flexibility index (Phi) is 8.03. The summed E-state index contributed by atoms with van der Waals surface area (Å²) in [6.45, 7) is -0.469. The number of halogens is 2. The van der Waals surface area contributed by atoms with Crippen LogP contribution in [0.5, 0.6) is 11.5 Å². The first-order valence-electron chi connectivity index (χ1n) is 11.2. The minimum atomic E-state index is -0.788. The quantitative estimate of drug-likeness (QED) is 0.298. The Balaban J connectivity index is 1.49. The number of amides is 4. The number of benzene rings is 3. The van der Waals surface area contributed by atoms with Crippen LogP contribution in [0, 0.1) is 17.1 Å². The third kappa shape index (κ3) is 5.82. The summed E-state index contributed by atoms with van der Waals surface area (Å²) < 4.78 is 25.6. The highest BCUT2D eigenvalue weighted by molar-refractivity contribution is 9.10. The van der Waals surface area contributed by atoms with Gasteiger partial charge < -0.3 is 20.1 Å². The van der Waals surface area contributed by atoms with Crippen molar-refractivity contribution in [2.24, 2.45) is 0 Å². The minimum absolute atomic E-state index is 0.0604. The molecule has 2 N–H and O–H groups in total. The van der Waals surface area contributed by atoms with E-state index in [2.05, 4.69) is 32.6 Å². The van der Waals surface area contributed by atoms with Crippen LogP contribution in [0.15, 0.2) is 70.8 Å². The van der Waals surface area contributed by atoms with Gasteiger partial charge in [0, 0.05) is 10.0 Å². The molecule has 0 aliphatic carbocycles. The van der Waals surface area contributed by atoms with Crippen molar-refractivity contribution in [1.82, 2.24) is 10.2 Å². The molecule has 38 heavy (non-hydrogen) atoms. The van der Waals surface area contributed by atoms with E-state index in [0.29, 0.717) is 32.7 Å². The molecular weight excluding hydrogens is 559 g/mol. The monoisotopic (exact) mass is 578 g/mol. The van der Waals surface area contributed by atoms with E-state index in [4.69, 9.17) is 9.47 Å². The van der Waals surface area contributed by atoms with Gasteiger partial charge in [-0.15, -0.1) is 0 Å². The van der Waals surface area contributed by atoms with E-state index in [1.165, 1.54) is 31.4 Å². The fourth-order valence-corrected chi connectivity index (χ4v) is 4.05. The molecule has 0 aromatic heterocycles. The molecule has 3 aromatic rings. The molecule has 3 aromatic carbocycles. The van der Waals surface area contributed by atoms with Crippen LogP contribution in [-0.2, 0) is 16.2 Å². The maximum atomic E-state index is 13.8. The Labute approximate surface area is 225 Å². The number of rotatable bonds is 8. The van der Waals surface area contributed by atoms with Crippen LogP contribution >= 0.6 is 15.9 Å². The van der Waals surface area contributed by atoms with E-state index >= 15 is 0 Å². The second kappa shape index (κ2) is 11.6. The molecule has 4 amide bonds. The standard InChI is InChI=1S/C27H20BrFN4O5/c1-37-23-11-18(19(28)12-24(23)38-15-17-7-3-2-6-16(17)13-30)10-22-26(35)33(27(36)32-22)14-25(34)31-21-9-5-4-8-20(21)29/h2-12H,14-15H2,1H3,(H,31,34)(H,32,36)/b22-10+. The molecule has 0 atom stereocenters. The molecule has 0 unspecified atom stereocenters. The van der Waals surface area contributed by atoms with Crippen LogP contribution in [0.25, 0.3) is 6.08 Å². The number of nitriles is 1. The van der Waals surface area contributed by atoms with Gasteiger partial charge in [0.1, 0.15) is 24.7 Å². The first-order valence-corrected chi connectivity index (χ1v) is 12.0. The first-order chi connectivity index (χ1) is 18.3.